The van der Waals surface area contributed by atoms with E-state index in [-0.39, 0.29) is 0 Å². The topological polar surface area (TPSA) is 57.2 Å². The minimum atomic E-state index is -2.16. The summed E-state index contributed by atoms with van der Waals surface area (Å²) in [6.45, 7) is 0. The lowest BCUT2D eigenvalue weighted by Crippen LogP contribution is -2.51. The van der Waals surface area contributed by atoms with E-state index < -0.39 is 62.7 Å². The molecule has 27 heavy (non-hydrogen) atoms. The first-order chi connectivity index (χ1) is 12.7. The lowest BCUT2D eigenvalue weighted by molar-refractivity contribution is -0.244. The van der Waals surface area contributed by atoms with Crippen LogP contribution in [0.1, 0.15) is 54.4 Å². The van der Waals surface area contributed by atoms with Gasteiger partial charge in [-0.15, -0.1) is 0 Å². The Morgan fingerprint density at radius 3 is 1.74 bits per heavy atom. The Kier molecular flexibility index (Phi) is 3.27. The van der Waals surface area contributed by atoms with Crippen molar-refractivity contribution >= 4 is 17.3 Å². The van der Waals surface area contributed by atoms with E-state index in [0.29, 0.717) is 37.0 Å². The minimum Gasteiger partial charge on any atom is -0.871 e. The monoisotopic (exact) mass is 379 g/mol. The Morgan fingerprint density at radius 2 is 1.26 bits per heavy atom. The molecular formula is C20H15F4O3-. The van der Waals surface area contributed by atoms with Gasteiger partial charge in [0.2, 0.25) is 0 Å². The van der Waals surface area contributed by atoms with Crippen molar-refractivity contribution in [2.45, 2.75) is 38.5 Å². The second kappa shape index (κ2) is 5.20. The van der Waals surface area contributed by atoms with Crippen molar-refractivity contribution in [1.82, 2.24) is 0 Å². The van der Waals surface area contributed by atoms with Crippen LogP contribution < -0.4 is 5.11 Å². The number of carbonyl (C=O) groups is 2. The van der Waals surface area contributed by atoms with Crippen LogP contribution in [0.15, 0.2) is 5.57 Å². The molecule has 142 valence electrons. The molecule has 0 unspecified atom stereocenters. The molecule has 7 heteroatoms. The molecule has 0 aromatic heterocycles. The van der Waals surface area contributed by atoms with E-state index in [2.05, 4.69) is 0 Å². The van der Waals surface area contributed by atoms with Crippen molar-refractivity contribution < 1.29 is 32.3 Å². The molecule has 0 amide bonds. The number of ketones is 2. The summed E-state index contributed by atoms with van der Waals surface area (Å²) in [7, 11) is 0. The summed E-state index contributed by atoms with van der Waals surface area (Å²) in [5.41, 5.74) is -4.04. The molecule has 0 saturated heterocycles. The third-order valence-electron chi connectivity index (χ3n) is 6.92. The maximum Gasteiger partial charge on any atom is 0.199 e. The molecule has 0 atom stereocenters. The highest BCUT2D eigenvalue weighted by Gasteiger charge is 2.56. The first-order valence-electron chi connectivity index (χ1n) is 9.10. The quantitative estimate of drug-likeness (QED) is 0.343. The largest absolute Gasteiger partial charge is 0.871 e. The van der Waals surface area contributed by atoms with Gasteiger partial charge in [-0.2, -0.15) is 0 Å². The zero-order valence-corrected chi connectivity index (χ0v) is 14.2. The van der Waals surface area contributed by atoms with Gasteiger partial charge in [0.15, 0.2) is 34.8 Å². The summed E-state index contributed by atoms with van der Waals surface area (Å²) in [6.07, 6.45) is 4.70. The summed E-state index contributed by atoms with van der Waals surface area (Å²) >= 11 is 0. The summed E-state index contributed by atoms with van der Waals surface area (Å²) in [4.78, 5) is 25.9. The van der Waals surface area contributed by atoms with Crippen LogP contribution in [0.5, 0.6) is 0 Å². The zero-order valence-electron chi connectivity index (χ0n) is 14.2. The second-order valence-electron chi connectivity index (χ2n) is 8.57. The van der Waals surface area contributed by atoms with E-state index in [1.165, 1.54) is 0 Å². The number of hydrogen-bond acceptors (Lipinski definition) is 3. The smallest absolute Gasteiger partial charge is 0.199 e. The molecule has 4 fully saturated rings. The number of benzene rings is 1. The fraction of sp³-hybridized carbons (Fsp3) is 0.500. The molecule has 0 radical (unpaired) electrons. The number of halogens is 4. The van der Waals surface area contributed by atoms with Crippen LogP contribution in [-0.4, -0.2) is 11.6 Å². The predicted molar refractivity (Wildman–Crippen MR) is 83.1 cm³/mol. The van der Waals surface area contributed by atoms with Crippen LogP contribution in [0.25, 0.3) is 5.76 Å². The third-order valence-corrected chi connectivity index (χ3v) is 6.92. The Balaban J connectivity index is 1.63. The molecule has 3 nitrogen and oxygen atoms in total. The Hall–Kier alpha value is -2.18. The summed E-state index contributed by atoms with van der Waals surface area (Å²) < 4.78 is 55.3. The van der Waals surface area contributed by atoms with Gasteiger partial charge in [-0.25, -0.2) is 17.6 Å². The Morgan fingerprint density at radius 1 is 0.815 bits per heavy atom. The first kappa shape index (κ1) is 17.0. The van der Waals surface area contributed by atoms with Gasteiger partial charge < -0.3 is 5.11 Å². The fourth-order valence-electron chi connectivity index (χ4n) is 6.27. The molecule has 1 aromatic carbocycles. The molecule has 0 N–H and O–H groups in total. The molecule has 6 rings (SSSR count). The van der Waals surface area contributed by atoms with Crippen LogP contribution in [0.4, 0.5) is 17.6 Å². The predicted octanol–water partition coefficient (Wildman–Crippen LogP) is 3.30. The maximum atomic E-state index is 14.1. The average molecular weight is 379 g/mol. The maximum absolute atomic E-state index is 14.1. The highest BCUT2D eigenvalue weighted by atomic mass is 19.2. The van der Waals surface area contributed by atoms with Gasteiger partial charge in [0, 0.05) is 11.0 Å². The van der Waals surface area contributed by atoms with Crippen LogP contribution in [0.2, 0.25) is 0 Å². The van der Waals surface area contributed by atoms with Gasteiger partial charge in [0.1, 0.15) is 0 Å². The number of carbonyl (C=O) groups excluding carboxylic acids is 2. The first-order valence-corrected chi connectivity index (χ1v) is 9.10. The molecule has 0 aliphatic heterocycles. The molecule has 5 aliphatic carbocycles. The highest BCUT2D eigenvalue weighted by molar-refractivity contribution is 6.35. The van der Waals surface area contributed by atoms with E-state index in [9.17, 15) is 32.3 Å². The highest BCUT2D eigenvalue weighted by Crippen LogP contribution is 2.61. The zero-order chi connectivity index (χ0) is 19.2. The van der Waals surface area contributed by atoms with Crippen molar-refractivity contribution in [3.8, 4) is 0 Å². The Labute approximate surface area is 152 Å². The van der Waals surface area contributed by atoms with E-state index in [4.69, 9.17) is 0 Å². The Bertz CT molecular complexity index is 927. The normalized spacial score (nSPS) is 33.8. The van der Waals surface area contributed by atoms with Crippen molar-refractivity contribution in [1.29, 1.82) is 0 Å². The lowest BCUT2D eigenvalue weighted by Gasteiger charge is -2.56. The number of Topliss-reactive ketones (excluding diaryl/α,β-unsaturated/α-hetero) is 2. The van der Waals surface area contributed by atoms with E-state index in [0.717, 1.165) is 19.3 Å². The number of fused-ring (bicyclic) bond motifs is 1. The summed E-state index contributed by atoms with van der Waals surface area (Å²) in [5, 5.41) is 12.6. The van der Waals surface area contributed by atoms with Crippen molar-refractivity contribution in [2.75, 3.05) is 0 Å². The molecule has 0 spiro atoms. The minimum absolute atomic E-state index is 0.346. The average Bonchev–Trinajstić information content (AvgIpc) is 2.87. The molecule has 4 saturated carbocycles. The standard InChI is InChI=1S/C20H16F4O3/c21-13-10-11(14(22)16(24)15(13)23)18(26)12(17(10)25)19(27)20-4-7-1-8(5-20)3-9(2-7)6-20/h7-9,25H,1-6H2/p-1. The van der Waals surface area contributed by atoms with Crippen molar-refractivity contribution in [2.24, 2.45) is 23.2 Å². The van der Waals surface area contributed by atoms with Gasteiger partial charge in [0.05, 0.1) is 11.1 Å². The van der Waals surface area contributed by atoms with E-state index >= 15 is 0 Å². The van der Waals surface area contributed by atoms with E-state index in [1.54, 1.807) is 0 Å². The SMILES string of the molecule is O=C1C(C(=O)C23CC4CC(CC(C4)C2)C3)=C([O-])c2c(F)c(F)c(F)c(F)c21. The molecule has 1 aromatic rings. The molecular weight excluding hydrogens is 364 g/mol. The van der Waals surface area contributed by atoms with E-state index in [1.807, 2.05) is 0 Å². The van der Waals surface area contributed by atoms with Crippen LogP contribution >= 0.6 is 0 Å². The summed E-state index contributed by atoms with van der Waals surface area (Å²) in [6, 6.07) is 0. The van der Waals surface area contributed by atoms with Gasteiger partial charge in [-0.05, 0) is 56.3 Å². The van der Waals surface area contributed by atoms with Crippen molar-refractivity contribution in [3.63, 3.8) is 0 Å². The second-order valence-corrected chi connectivity index (χ2v) is 8.57. The third kappa shape index (κ3) is 2.03. The fourth-order valence-corrected chi connectivity index (χ4v) is 6.27. The van der Waals surface area contributed by atoms with Gasteiger partial charge >= 0.3 is 0 Å². The van der Waals surface area contributed by atoms with Crippen molar-refractivity contribution in [3.05, 3.63) is 40.0 Å². The van der Waals surface area contributed by atoms with Gasteiger partial charge in [0.25, 0.3) is 0 Å². The van der Waals surface area contributed by atoms with Crippen LogP contribution in [-0.2, 0) is 4.79 Å². The van der Waals surface area contributed by atoms with Gasteiger partial charge in [-0.1, -0.05) is 5.76 Å². The molecule has 5 aliphatic rings. The van der Waals surface area contributed by atoms with Crippen LogP contribution in [0.3, 0.4) is 0 Å². The van der Waals surface area contributed by atoms with Crippen LogP contribution in [0, 0.1) is 46.4 Å². The van der Waals surface area contributed by atoms with Gasteiger partial charge in [-0.3, -0.25) is 9.59 Å². The number of allylic oxidation sites excluding steroid dienone is 1. The number of hydrogen-bond donors (Lipinski definition) is 0. The molecule has 0 heterocycles. The summed E-state index contributed by atoms with van der Waals surface area (Å²) in [5.74, 6) is -10.5. The lowest BCUT2D eigenvalue weighted by atomic mass is 9.48. The number of rotatable bonds is 2. The molecule has 4 bridgehead atoms.